The molecule has 6 heteroatoms. The smallest absolute Gasteiger partial charge is 0.370 e. The molecule has 0 unspecified atom stereocenters. The molecular formula is C2H2Cl3NO2. The van der Waals surface area contributed by atoms with Crippen LogP contribution in [0.15, 0.2) is 0 Å². The van der Waals surface area contributed by atoms with Crippen LogP contribution < -0.4 is 5.90 Å². The molecule has 0 fully saturated rings. The van der Waals surface area contributed by atoms with Gasteiger partial charge in [0.05, 0.1) is 0 Å². The molecule has 0 aliphatic rings. The Kier molecular flexibility index (Phi) is 2.83. The number of carbonyl (C=O) groups excluding carboxylic acids is 1. The van der Waals surface area contributed by atoms with Crippen LogP contribution in [0.2, 0.25) is 0 Å². The van der Waals surface area contributed by atoms with Crippen molar-refractivity contribution in [3.63, 3.8) is 0 Å². The molecule has 48 valence electrons. The van der Waals surface area contributed by atoms with Crippen LogP contribution in [0.1, 0.15) is 0 Å². The average molecular weight is 178 g/mol. The number of alkyl halides is 3. The third-order valence-electron chi connectivity index (χ3n) is 0.338. The van der Waals surface area contributed by atoms with Gasteiger partial charge in [-0.05, 0) is 0 Å². The van der Waals surface area contributed by atoms with E-state index in [0.29, 0.717) is 0 Å². The van der Waals surface area contributed by atoms with Crippen LogP contribution in [-0.2, 0) is 9.63 Å². The minimum Gasteiger partial charge on any atom is -0.370 e. The monoisotopic (exact) mass is 177 g/mol. The molecule has 0 bridgehead atoms. The molecule has 0 saturated carbocycles. The summed E-state index contributed by atoms with van der Waals surface area (Å²) in [4.78, 5) is 13.7. The second-order valence-electron chi connectivity index (χ2n) is 0.903. The fourth-order valence-corrected chi connectivity index (χ4v) is 0.200. The molecule has 0 atom stereocenters. The van der Waals surface area contributed by atoms with Crippen LogP contribution in [0.5, 0.6) is 0 Å². The van der Waals surface area contributed by atoms with E-state index in [0.717, 1.165) is 0 Å². The second-order valence-corrected chi connectivity index (χ2v) is 3.18. The van der Waals surface area contributed by atoms with Gasteiger partial charge in [0.2, 0.25) is 0 Å². The summed E-state index contributed by atoms with van der Waals surface area (Å²) in [5.74, 6) is 3.26. The number of carbonyl (C=O) groups is 1. The van der Waals surface area contributed by atoms with E-state index >= 15 is 0 Å². The fraction of sp³-hybridized carbons (Fsp3) is 0.500. The highest BCUT2D eigenvalue weighted by Crippen LogP contribution is 2.26. The molecule has 0 aliphatic carbocycles. The van der Waals surface area contributed by atoms with Crippen LogP contribution in [0, 0.1) is 0 Å². The van der Waals surface area contributed by atoms with Crippen molar-refractivity contribution in [3.8, 4) is 0 Å². The predicted molar refractivity (Wildman–Crippen MR) is 30.6 cm³/mol. The summed E-state index contributed by atoms with van der Waals surface area (Å²) >= 11 is 14.9. The van der Waals surface area contributed by atoms with Gasteiger partial charge in [-0.2, -0.15) is 5.90 Å². The van der Waals surface area contributed by atoms with Crippen molar-refractivity contribution in [2.75, 3.05) is 0 Å². The molecule has 0 spiro atoms. The largest absolute Gasteiger partial charge is 0.376 e. The number of halogens is 3. The maximum atomic E-state index is 10.1. The molecule has 2 N–H and O–H groups in total. The minimum atomic E-state index is -2.06. The van der Waals surface area contributed by atoms with Gasteiger partial charge in [-0.1, -0.05) is 34.8 Å². The summed E-state index contributed by atoms with van der Waals surface area (Å²) in [6, 6.07) is 0. The first-order valence-electron chi connectivity index (χ1n) is 1.46. The lowest BCUT2D eigenvalue weighted by Crippen LogP contribution is -2.24. The first-order chi connectivity index (χ1) is 3.48. The van der Waals surface area contributed by atoms with Gasteiger partial charge in [0, 0.05) is 0 Å². The van der Waals surface area contributed by atoms with Crippen LogP contribution >= 0.6 is 34.8 Å². The number of hydrogen-bond acceptors (Lipinski definition) is 3. The Morgan fingerprint density at radius 3 is 1.88 bits per heavy atom. The van der Waals surface area contributed by atoms with E-state index in [9.17, 15) is 4.79 Å². The van der Waals surface area contributed by atoms with Gasteiger partial charge in [-0.25, -0.2) is 4.79 Å². The Labute approximate surface area is 60.6 Å². The van der Waals surface area contributed by atoms with Crippen molar-refractivity contribution in [3.05, 3.63) is 0 Å². The van der Waals surface area contributed by atoms with E-state index < -0.39 is 9.76 Å². The van der Waals surface area contributed by atoms with Crippen molar-refractivity contribution >= 4 is 40.8 Å². The second kappa shape index (κ2) is 2.73. The molecule has 0 amide bonds. The van der Waals surface area contributed by atoms with E-state index in [1.165, 1.54) is 0 Å². The van der Waals surface area contributed by atoms with Crippen molar-refractivity contribution in [1.82, 2.24) is 0 Å². The molecular weight excluding hydrogens is 176 g/mol. The number of hydrogen-bond donors (Lipinski definition) is 1. The fourth-order valence-electron chi connectivity index (χ4n) is 0.0668. The molecule has 0 aliphatic heterocycles. The summed E-state index contributed by atoms with van der Waals surface area (Å²) in [5.41, 5.74) is 0. The van der Waals surface area contributed by atoms with Crippen LogP contribution in [0.3, 0.4) is 0 Å². The highest BCUT2D eigenvalue weighted by molar-refractivity contribution is 6.75. The number of rotatable bonds is 0. The quantitative estimate of drug-likeness (QED) is 0.440. The molecule has 0 aromatic heterocycles. The SMILES string of the molecule is NOC(=O)C(Cl)(Cl)Cl. The van der Waals surface area contributed by atoms with Gasteiger partial charge >= 0.3 is 5.97 Å². The van der Waals surface area contributed by atoms with E-state index in [1.807, 2.05) is 0 Å². The first kappa shape index (κ1) is 8.30. The Morgan fingerprint density at radius 2 is 1.88 bits per heavy atom. The zero-order valence-electron chi connectivity index (χ0n) is 3.53. The highest BCUT2D eigenvalue weighted by Gasteiger charge is 2.32. The molecule has 0 heterocycles. The van der Waals surface area contributed by atoms with E-state index in [4.69, 9.17) is 34.8 Å². The predicted octanol–water partition coefficient (Wildman–Crippen LogP) is 0.773. The summed E-state index contributed by atoms with van der Waals surface area (Å²) in [6.07, 6.45) is 0. The first-order valence-corrected chi connectivity index (χ1v) is 2.59. The minimum absolute atomic E-state index is 1.09. The Morgan fingerprint density at radius 1 is 1.50 bits per heavy atom. The standard InChI is InChI=1S/C2H2Cl3NO2/c3-2(4,5)1(7)8-6/h6H2. The summed E-state index contributed by atoms with van der Waals surface area (Å²) in [7, 11) is 0. The van der Waals surface area contributed by atoms with E-state index in [-0.39, 0.29) is 0 Å². The summed E-state index contributed by atoms with van der Waals surface area (Å²) < 4.78 is -2.06. The molecule has 0 saturated heterocycles. The van der Waals surface area contributed by atoms with E-state index in [1.54, 1.807) is 0 Å². The van der Waals surface area contributed by atoms with Crippen molar-refractivity contribution in [2.45, 2.75) is 3.79 Å². The zero-order chi connectivity index (χ0) is 6.78. The van der Waals surface area contributed by atoms with Gasteiger partial charge in [-0.15, -0.1) is 0 Å². The zero-order valence-corrected chi connectivity index (χ0v) is 5.80. The Balaban J connectivity index is 3.82. The molecule has 0 aromatic rings. The van der Waals surface area contributed by atoms with Crippen molar-refractivity contribution < 1.29 is 9.63 Å². The van der Waals surface area contributed by atoms with E-state index in [2.05, 4.69) is 10.7 Å². The van der Waals surface area contributed by atoms with Gasteiger partial charge < -0.3 is 4.84 Å². The Hall–Kier alpha value is 0.300. The molecule has 0 radical (unpaired) electrons. The van der Waals surface area contributed by atoms with Crippen molar-refractivity contribution in [2.24, 2.45) is 5.90 Å². The third kappa shape index (κ3) is 2.57. The number of nitrogens with two attached hydrogens (primary N) is 1. The topological polar surface area (TPSA) is 52.3 Å². The maximum absolute atomic E-state index is 10.1. The lowest BCUT2D eigenvalue weighted by molar-refractivity contribution is -0.143. The molecule has 3 nitrogen and oxygen atoms in total. The van der Waals surface area contributed by atoms with Crippen LogP contribution in [0.4, 0.5) is 0 Å². The molecule has 0 aromatic carbocycles. The molecule has 8 heavy (non-hydrogen) atoms. The van der Waals surface area contributed by atoms with Gasteiger partial charge in [0.25, 0.3) is 3.79 Å². The van der Waals surface area contributed by atoms with Gasteiger partial charge in [-0.3, -0.25) is 0 Å². The lowest BCUT2D eigenvalue weighted by atomic mass is 10.8. The van der Waals surface area contributed by atoms with Crippen LogP contribution in [0.25, 0.3) is 0 Å². The van der Waals surface area contributed by atoms with Gasteiger partial charge in [0.15, 0.2) is 0 Å². The maximum Gasteiger partial charge on any atom is 0.376 e. The average Bonchev–Trinajstić information content (AvgIpc) is 1.62. The normalized spacial score (nSPS) is 11.0. The summed E-state index contributed by atoms with van der Waals surface area (Å²) in [6.45, 7) is 0. The van der Waals surface area contributed by atoms with Crippen LogP contribution in [-0.4, -0.2) is 9.76 Å². The highest BCUT2D eigenvalue weighted by atomic mass is 35.6. The lowest BCUT2D eigenvalue weighted by Gasteiger charge is -2.04. The molecule has 0 rings (SSSR count). The van der Waals surface area contributed by atoms with Gasteiger partial charge in [0.1, 0.15) is 0 Å². The third-order valence-corrected chi connectivity index (χ3v) is 0.801. The summed E-state index contributed by atoms with van der Waals surface area (Å²) in [5, 5.41) is 0. The van der Waals surface area contributed by atoms with Crippen molar-refractivity contribution in [1.29, 1.82) is 0 Å². The Bertz CT molecular complexity index is 97.9.